The van der Waals surface area contributed by atoms with Gasteiger partial charge in [-0.3, -0.25) is 4.79 Å². The largest absolute Gasteiger partial charge is 0.449 e. The number of carbonyl (C=O) groups is 2. The van der Waals surface area contributed by atoms with E-state index in [9.17, 15) is 9.59 Å². The number of nitrogens with one attached hydrogen (secondary N) is 1. The highest BCUT2D eigenvalue weighted by molar-refractivity contribution is 7.13. The number of hydrogen-bond acceptors (Lipinski definition) is 5. The molecule has 0 saturated heterocycles. The molecule has 2 aromatic heterocycles. The average molecular weight is 424 g/mol. The van der Waals surface area contributed by atoms with Crippen LogP contribution in [0.3, 0.4) is 0 Å². The molecular formula is C23H25N3O3S. The predicted molar refractivity (Wildman–Crippen MR) is 117 cm³/mol. The molecule has 0 unspecified atom stereocenters. The van der Waals surface area contributed by atoms with Gasteiger partial charge in [0.25, 0.3) is 5.91 Å². The van der Waals surface area contributed by atoms with E-state index in [1.54, 1.807) is 17.8 Å². The molecular weight excluding hydrogens is 398 g/mol. The molecule has 0 bridgehead atoms. The summed E-state index contributed by atoms with van der Waals surface area (Å²) in [5, 5.41) is 9.57. The maximum atomic E-state index is 13.0. The SMILES string of the molecule is C[C@H](OC(=O)c1cn(-c2ccccc2)nc1-c1cccs1)C(=O)NC1CCCCC1. The summed E-state index contributed by atoms with van der Waals surface area (Å²) in [4.78, 5) is 26.3. The molecule has 156 valence electrons. The topological polar surface area (TPSA) is 73.2 Å². The summed E-state index contributed by atoms with van der Waals surface area (Å²) in [6.07, 6.45) is 6.24. The summed E-state index contributed by atoms with van der Waals surface area (Å²) < 4.78 is 7.19. The van der Waals surface area contributed by atoms with Crippen LogP contribution >= 0.6 is 11.3 Å². The molecule has 1 fully saturated rings. The zero-order chi connectivity index (χ0) is 20.9. The van der Waals surface area contributed by atoms with Gasteiger partial charge in [0.05, 0.1) is 10.6 Å². The van der Waals surface area contributed by atoms with Gasteiger partial charge in [-0.05, 0) is 43.3 Å². The Morgan fingerprint density at radius 1 is 1.13 bits per heavy atom. The monoisotopic (exact) mass is 423 g/mol. The normalized spacial score (nSPS) is 15.5. The summed E-state index contributed by atoms with van der Waals surface area (Å²) in [6, 6.07) is 13.6. The Morgan fingerprint density at radius 2 is 1.90 bits per heavy atom. The first-order valence-corrected chi connectivity index (χ1v) is 11.2. The van der Waals surface area contributed by atoms with Crippen molar-refractivity contribution in [2.45, 2.75) is 51.2 Å². The Bertz CT molecular complexity index is 992. The van der Waals surface area contributed by atoms with Crippen molar-refractivity contribution in [3.63, 3.8) is 0 Å². The van der Waals surface area contributed by atoms with Gasteiger partial charge in [-0.2, -0.15) is 5.10 Å². The first-order valence-electron chi connectivity index (χ1n) is 10.3. The lowest BCUT2D eigenvalue weighted by molar-refractivity contribution is -0.130. The van der Waals surface area contributed by atoms with Crippen LogP contribution in [0.25, 0.3) is 16.3 Å². The van der Waals surface area contributed by atoms with Crippen molar-refractivity contribution in [1.82, 2.24) is 15.1 Å². The molecule has 3 aromatic rings. The number of benzene rings is 1. The van der Waals surface area contributed by atoms with Crippen LogP contribution in [0, 0.1) is 0 Å². The number of hydrogen-bond donors (Lipinski definition) is 1. The molecule has 6 nitrogen and oxygen atoms in total. The van der Waals surface area contributed by atoms with Crippen LogP contribution in [0.1, 0.15) is 49.4 Å². The number of carbonyl (C=O) groups excluding carboxylic acids is 2. The highest BCUT2D eigenvalue weighted by Gasteiger charge is 2.26. The van der Waals surface area contributed by atoms with E-state index in [0.717, 1.165) is 36.2 Å². The van der Waals surface area contributed by atoms with E-state index in [0.29, 0.717) is 11.3 Å². The number of nitrogens with zero attached hydrogens (tertiary/aromatic N) is 2. The molecule has 30 heavy (non-hydrogen) atoms. The predicted octanol–water partition coefficient (Wildman–Crippen LogP) is 4.60. The van der Waals surface area contributed by atoms with Gasteiger partial charge in [-0.1, -0.05) is 43.5 Å². The molecule has 7 heteroatoms. The van der Waals surface area contributed by atoms with Crippen LogP contribution in [-0.2, 0) is 9.53 Å². The second-order valence-corrected chi connectivity index (χ2v) is 8.49. The third-order valence-corrected chi connectivity index (χ3v) is 6.19. The van der Waals surface area contributed by atoms with Crippen molar-refractivity contribution in [3.8, 4) is 16.3 Å². The lowest BCUT2D eigenvalue weighted by atomic mass is 9.95. The Balaban J connectivity index is 1.52. The number of para-hydroxylation sites is 1. The van der Waals surface area contributed by atoms with E-state index in [4.69, 9.17) is 4.74 Å². The van der Waals surface area contributed by atoms with Crippen molar-refractivity contribution in [3.05, 3.63) is 59.6 Å². The number of aromatic nitrogens is 2. The van der Waals surface area contributed by atoms with E-state index in [1.165, 1.54) is 17.8 Å². The quantitative estimate of drug-likeness (QED) is 0.588. The lowest BCUT2D eigenvalue weighted by Crippen LogP contribution is -2.42. The van der Waals surface area contributed by atoms with Crippen LogP contribution in [0.2, 0.25) is 0 Å². The minimum atomic E-state index is -0.865. The molecule has 1 N–H and O–H groups in total. The molecule has 1 amide bonds. The third kappa shape index (κ3) is 4.62. The van der Waals surface area contributed by atoms with Crippen molar-refractivity contribution >= 4 is 23.2 Å². The smallest absolute Gasteiger partial charge is 0.342 e. The lowest BCUT2D eigenvalue weighted by Gasteiger charge is -2.24. The molecule has 2 heterocycles. The number of thiophene rings is 1. The Labute approximate surface area is 179 Å². The molecule has 4 rings (SSSR count). The molecule has 1 atom stereocenters. The third-order valence-electron chi connectivity index (χ3n) is 5.31. The molecule has 0 aliphatic heterocycles. The molecule has 1 aliphatic carbocycles. The Hall–Kier alpha value is -2.93. The highest BCUT2D eigenvalue weighted by atomic mass is 32.1. The molecule has 0 spiro atoms. The van der Waals surface area contributed by atoms with Gasteiger partial charge < -0.3 is 10.1 Å². The van der Waals surface area contributed by atoms with Gasteiger partial charge in [-0.15, -0.1) is 11.3 Å². The van der Waals surface area contributed by atoms with Crippen molar-refractivity contribution < 1.29 is 14.3 Å². The summed E-state index contributed by atoms with van der Waals surface area (Å²) in [5.41, 5.74) is 1.75. The average Bonchev–Trinajstić information content (AvgIpc) is 3.45. The first-order chi connectivity index (χ1) is 14.6. The number of esters is 1. The zero-order valence-corrected chi connectivity index (χ0v) is 17.7. The van der Waals surface area contributed by atoms with E-state index in [1.807, 2.05) is 47.8 Å². The molecule has 0 radical (unpaired) electrons. The van der Waals surface area contributed by atoms with E-state index in [2.05, 4.69) is 10.4 Å². The molecule has 1 saturated carbocycles. The number of ether oxygens (including phenoxy) is 1. The number of amides is 1. The van der Waals surface area contributed by atoms with Crippen LogP contribution < -0.4 is 5.32 Å². The van der Waals surface area contributed by atoms with Crippen molar-refractivity contribution in [2.24, 2.45) is 0 Å². The van der Waals surface area contributed by atoms with Gasteiger partial charge in [0.1, 0.15) is 11.3 Å². The number of rotatable bonds is 6. The maximum absolute atomic E-state index is 13.0. The van der Waals surface area contributed by atoms with Gasteiger partial charge >= 0.3 is 5.97 Å². The van der Waals surface area contributed by atoms with E-state index in [-0.39, 0.29) is 11.9 Å². The van der Waals surface area contributed by atoms with Gasteiger partial charge in [0.15, 0.2) is 6.10 Å². The van der Waals surface area contributed by atoms with Gasteiger partial charge in [0.2, 0.25) is 0 Å². The highest BCUT2D eigenvalue weighted by Crippen LogP contribution is 2.28. The summed E-state index contributed by atoms with van der Waals surface area (Å²) >= 11 is 1.50. The van der Waals surface area contributed by atoms with Crippen LogP contribution in [-0.4, -0.2) is 33.8 Å². The van der Waals surface area contributed by atoms with E-state index < -0.39 is 12.1 Å². The fourth-order valence-corrected chi connectivity index (χ4v) is 4.40. The summed E-state index contributed by atoms with van der Waals surface area (Å²) in [6.45, 7) is 1.61. The zero-order valence-electron chi connectivity index (χ0n) is 16.9. The van der Waals surface area contributed by atoms with Crippen LogP contribution in [0.15, 0.2) is 54.0 Å². The standard InChI is InChI=1S/C23H25N3O3S/c1-16(22(27)24-17-9-4-2-5-10-17)29-23(28)19-15-26(18-11-6-3-7-12-18)25-21(19)20-13-8-14-30-20/h3,6-8,11-17H,2,4-5,9-10H2,1H3,(H,24,27)/t16-/m0/s1. The Kier molecular flexibility index (Phi) is 6.28. The molecule has 1 aliphatic rings. The van der Waals surface area contributed by atoms with Gasteiger partial charge in [-0.25, -0.2) is 9.48 Å². The van der Waals surface area contributed by atoms with E-state index >= 15 is 0 Å². The molecule has 1 aromatic carbocycles. The van der Waals surface area contributed by atoms with Crippen LogP contribution in [0.4, 0.5) is 0 Å². The minimum absolute atomic E-state index is 0.176. The van der Waals surface area contributed by atoms with Crippen LogP contribution in [0.5, 0.6) is 0 Å². The van der Waals surface area contributed by atoms with Crippen molar-refractivity contribution in [1.29, 1.82) is 0 Å². The summed E-state index contributed by atoms with van der Waals surface area (Å²) in [5.74, 6) is -0.796. The first kappa shape index (κ1) is 20.3. The Morgan fingerprint density at radius 3 is 2.60 bits per heavy atom. The van der Waals surface area contributed by atoms with Crippen molar-refractivity contribution in [2.75, 3.05) is 0 Å². The van der Waals surface area contributed by atoms with Gasteiger partial charge in [0, 0.05) is 12.2 Å². The summed E-state index contributed by atoms with van der Waals surface area (Å²) in [7, 11) is 0. The fraction of sp³-hybridized carbons (Fsp3) is 0.348. The minimum Gasteiger partial charge on any atom is -0.449 e. The fourth-order valence-electron chi connectivity index (χ4n) is 3.67. The second-order valence-electron chi connectivity index (χ2n) is 7.54. The maximum Gasteiger partial charge on any atom is 0.342 e. The second kappa shape index (κ2) is 9.26.